The molecule has 6 heteroatoms. The maximum atomic E-state index is 4.66. The Hall–Kier alpha value is -2.76. The van der Waals surface area contributed by atoms with Gasteiger partial charge in [0.2, 0.25) is 0 Å². The van der Waals surface area contributed by atoms with Crippen LogP contribution < -0.4 is 4.90 Å². The van der Waals surface area contributed by atoms with Gasteiger partial charge in [0.05, 0.1) is 12.2 Å². The summed E-state index contributed by atoms with van der Waals surface area (Å²) in [6.07, 6.45) is 9.97. The number of imidazole rings is 1. The Morgan fingerprint density at radius 1 is 1.16 bits per heavy atom. The summed E-state index contributed by atoms with van der Waals surface area (Å²) < 4.78 is 2.24. The van der Waals surface area contributed by atoms with Gasteiger partial charge in [-0.25, -0.2) is 4.98 Å². The number of piperidine rings is 1. The quantitative estimate of drug-likeness (QED) is 0.734. The second kappa shape index (κ2) is 7.01. The van der Waals surface area contributed by atoms with Crippen LogP contribution in [0.25, 0.3) is 0 Å². The largest absolute Gasteiger partial charge is 0.354 e. The molecule has 3 aromatic heterocycles. The summed E-state index contributed by atoms with van der Waals surface area (Å²) in [6.45, 7) is 4.73. The normalized spacial score (nSPS) is 17.6. The van der Waals surface area contributed by atoms with Crippen molar-refractivity contribution in [2.24, 2.45) is 0 Å². The molecule has 1 unspecified atom stereocenters. The number of rotatable bonds is 4. The maximum Gasteiger partial charge on any atom is 0.151 e. The third-order valence-electron chi connectivity index (χ3n) is 4.72. The summed E-state index contributed by atoms with van der Waals surface area (Å²) in [7, 11) is 0. The highest BCUT2D eigenvalue weighted by atomic mass is 15.3. The molecule has 4 rings (SSSR count). The predicted molar refractivity (Wildman–Crippen MR) is 96.5 cm³/mol. The van der Waals surface area contributed by atoms with E-state index in [1.807, 2.05) is 31.5 Å². The summed E-state index contributed by atoms with van der Waals surface area (Å²) >= 11 is 0. The zero-order valence-corrected chi connectivity index (χ0v) is 14.4. The van der Waals surface area contributed by atoms with E-state index in [0.717, 1.165) is 49.8 Å². The highest BCUT2D eigenvalue weighted by Crippen LogP contribution is 2.28. The molecule has 4 heterocycles. The van der Waals surface area contributed by atoms with Crippen LogP contribution in [0.5, 0.6) is 0 Å². The smallest absolute Gasteiger partial charge is 0.151 e. The van der Waals surface area contributed by atoms with Crippen LogP contribution in [0, 0.1) is 6.92 Å². The van der Waals surface area contributed by atoms with Crippen LogP contribution in [-0.4, -0.2) is 37.8 Å². The molecule has 0 spiro atoms. The summed E-state index contributed by atoms with van der Waals surface area (Å²) in [6, 6.07) is 8.16. The lowest BCUT2D eigenvalue weighted by Crippen LogP contribution is -2.36. The van der Waals surface area contributed by atoms with E-state index in [1.165, 1.54) is 5.56 Å². The Kier molecular flexibility index (Phi) is 4.41. The van der Waals surface area contributed by atoms with Crippen LogP contribution in [0.4, 0.5) is 5.82 Å². The molecule has 25 heavy (non-hydrogen) atoms. The Morgan fingerprint density at radius 2 is 2.12 bits per heavy atom. The average molecular weight is 334 g/mol. The van der Waals surface area contributed by atoms with Crippen molar-refractivity contribution >= 4 is 5.82 Å². The third kappa shape index (κ3) is 3.52. The minimum absolute atomic E-state index is 0.406. The molecule has 128 valence electrons. The molecule has 6 nitrogen and oxygen atoms in total. The Balaban J connectivity index is 1.52. The van der Waals surface area contributed by atoms with Gasteiger partial charge in [0, 0.05) is 43.8 Å². The standard InChI is InChI=1S/C19H22N6/c1-15-6-7-18(23-22-15)24-10-3-5-17(14-24)19-21-9-11-25(19)13-16-4-2-8-20-12-16/h2,4,6-9,11-12,17H,3,5,10,13-14H2,1H3. The Morgan fingerprint density at radius 3 is 2.92 bits per heavy atom. The highest BCUT2D eigenvalue weighted by molar-refractivity contribution is 5.38. The summed E-state index contributed by atoms with van der Waals surface area (Å²) in [5.74, 6) is 2.51. The number of anilines is 1. The lowest BCUT2D eigenvalue weighted by Gasteiger charge is -2.33. The minimum atomic E-state index is 0.406. The van der Waals surface area contributed by atoms with Gasteiger partial charge >= 0.3 is 0 Å². The van der Waals surface area contributed by atoms with E-state index < -0.39 is 0 Å². The SMILES string of the molecule is Cc1ccc(N2CCCC(c3nccn3Cc3cccnc3)C2)nn1. The molecule has 0 aliphatic carbocycles. The van der Waals surface area contributed by atoms with Gasteiger partial charge in [-0.1, -0.05) is 6.07 Å². The van der Waals surface area contributed by atoms with Gasteiger partial charge in [0.15, 0.2) is 5.82 Å². The van der Waals surface area contributed by atoms with Gasteiger partial charge in [0.1, 0.15) is 5.82 Å². The van der Waals surface area contributed by atoms with Crippen LogP contribution in [0.1, 0.15) is 35.8 Å². The van der Waals surface area contributed by atoms with Gasteiger partial charge in [-0.2, -0.15) is 5.10 Å². The second-order valence-electron chi connectivity index (χ2n) is 6.59. The molecule has 0 bridgehead atoms. The molecule has 1 saturated heterocycles. The first-order chi connectivity index (χ1) is 12.3. The summed E-state index contributed by atoms with van der Waals surface area (Å²) in [5, 5.41) is 8.54. The van der Waals surface area contributed by atoms with Crippen molar-refractivity contribution in [3.8, 4) is 0 Å². The topological polar surface area (TPSA) is 59.7 Å². The van der Waals surface area contributed by atoms with Gasteiger partial charge in [0.25, 0.3) is 0 Å². The van der Waals surface area contributed by atoms with Crippen LogP contribution >= 0.6 is 0 Å². The molecule has 0 radical (unpaired) electrons. The van der Waals surface area contributed by atoms with Crippen LogP contribution in [0.2, 0.25) is 0 Å². The van der Waals surface area contributed by atoms with Gasteiger partial charge in [-0.3, -0.25) is 4.98 Å². The van der Waals surface area contributed by atoms with Gasteiger partial charge in [-0.15, -0.1) is 5.10 Å². The van der Waals surface area contributed by atoms with Crippen molar-refractivity contribution < 1.29 is 0 Å². The third-order valence-corrected chi connectivity index (χ3v) is 4.72. The van der Waals surface area contributed by atoms with Crippen molar-refractivity contribution in [1.82, 2.24) is 24.7 Å². The van der Waals surface area contributed by atoms with E-state index in [2.05, 4.69) is 48.0 Å². The molecule has 1 aliphatic heterocycles. The monoisotopic (exact) mass is 334 g/mol. The predicted octanol–water partition coefficient (Wildman–Crippen LogP) is 2.81. The van der Waals surface area contributed by atoms with Gasteiger partial charge in [-0.05, 0) is 43.5 Å². The first-order valence-corrected chi connectivity index (χ1v) is 8.75. The number of hydrogen-bond acceptors (Lipinski definition) is 5. The summed E-state index contributed by atoms with van der Waals surface area (Å²) in [4.78, 5) is 11.2. The Labute approximate surface area is 147 Å². The van der Waals surface area contributed by atoms with E-state index in [4.69, 9.17) is 0 Å². The zero-order chi connectivity index (χ0) is 17.1. The number of aryl methyl sites for hydroxylation is 1. The first kappa shape index (κ1) is 15.7. The fourth-order valence-corrected chi connectivity index (χ4v) is 3.46. The molecule has 3 aromatic rings. The zero-order valence-electron chi connectivity index (χ0n) is 14.4. The summed E-state index contributed by atoms with van der Waals surface area (Å²) in [5.41, 5.74) is 2.14. The van der Waals surface area contributed by atoms with Gasteiger partial charge < -0.3 is 9.47 Å². The average Bonchev–Trinajstić information content (AvgIpc) is 3.11. The Bertz CT molecular complexity index is 811. The number of hydrogen-bond donors (Lipinski definition) is 0. The van der Waals surface area contributed by atoms with Crippen LogP contribution in [0.15, 0.2) is 49.1 Å². The molecule has 0 saturated carbocycles. The van der Waals surface area contributed by atoms with Crippen molar-refractivity contribution in [1.29, 1.82) is 0 Å². The first-order valence-electron chi connectivity index (χ1n) is 8.75. The van der Waals surface area contributed by atoms with Crippen molar-refractivity contribution in [3.63, 3.8) is 0 Å². The van der Waals surface area contributed by atoms with Crippen LogP contribution in [-0.2, 0) is 6.54 Å². The van der Waals surface area contributed by atoms with Crippen molar-refractivity contribution in [2.75, 3.05) is 18.0 Å². The molecular formula is C19H22N6. The minimum Gasteiger partial charge on any atom is -0.354 e. The molecule has 0 amide bonds. The number of aromatic nitrogens is 5. The highest BCUT2D eigenvalue weighted by Gasteiger charge is 2.25. The molecule has 1 aliphatic rings. The second-order valence-corrected chi connectivity index (χ2v) is 6.59. The van der Waals surface area contributed by atoms with E-state index in [-0.39, 0.29) is 0 Å². The molecule has 0 N–H and O–H groups in total. The maximum absolute atomic E-state index is 4.66. The fraction of sp³-hybridized carbons (Fsp3) is 0.368. The molecule has 1 atom stereocenters. The van der Waals surface area contributed by atoms with Crippen molar-refractivity contribution in [2.45, 2.75) is 32.2 Å². The van der Waals surface area contributed by atoms with E-state index >= 15 is 0 Å². The van der Waals surface area contributed by atoms with Crippen molar-refractivity contribution in [3.05, 3.63) is 66.1 Å². The molecule has 0 aromatic carbocycles. The van der Waals surface area contributed by atoms with Crippen LogP contribution in [0.3, 0.4) is 0 Å². The fourth-order valence-electron chi connectivity index (χ4n) is 3.46. The lowest BCUT2D eigenvalue weighted by molar-refractivity contribution is 0.473. The number of pyridine rings is 1. The number of nitrogens with zero attached hydrogens (tertiary/aromatic N) is 6. The molecule has 1 fully saturated rings. The van der Waals surface area contributed by atoms with E-state index in [1.54, 1.807) is 6.20 Å². The lowest BCUT2D eigenvalue weighted by atomic mass is 9.97. The van der Waals surface area contributed by atoms with E-state index in [0.29, 0.717) is 5.92 Å². The molecular weight excluding hydrogens is 312 g/mol. The van der Waals surface area contributed by atoms with E-state index in [9.17, 15) is 0 Å².